The van der Waals surface area contributed by atoms with Crippen molar-refractivity contribution in [2.75, 3.05) is 0 Å². The van der Waals surface area contributed by atoms with Crippen LogP contribution in [0.15, 0.2) is 55.0 Å². The van der Waals surface area contributed by atoms with Gasteiger partial charge in [0, 0.05) is 29.7 Å². The number of ketones is 1. The minimum absolute atomic E-state index is 0.0323. The average Bonchev–Trinajstić information content (AvgIpc) is 2.71. The third-order valence-electron chi connectivity index (χ3n) is 4.19. The molecule has 31 heavy (non-hydrogen) atoms. The van der Waals surface area contributed by atoms with Crippen LogP contribution in [0.3, 0.4) is 0 Å². The van der Waals surface area contributed by atoms with Crippen molar-refractivity contribution in [3.63, 3.8) is 0 Å². The van der Waals surface area contributed by atoms with Gasteiger partial charge in [0.2, 0.25) is 0 Å². The average molecular weight is 437 g/mol. The minimum Gasteiger partial charge on any atom is -0.294 e. The highest BCUT2D eigenvalue weighted by Crippen LogP contribution is 2.38. The Balaban J connectivity index is 2.12. The molecule has 0 radical (unpaired) electrons. The van der Waals surface area contributed by atoms with E-state index in [1.165, 1.54) is 37.7 Å². The molecule has 1 aromatic carbocycles. The molecule has 0 aliphatic rings. The number of rotatable bonds is 4. The Kier molecular flexibility index (Phi) is 5.92. The molecule has 0 amide bonds. The molecule has 2 aromatic heterocycles. The summed E-state index contributed by atoms with van der Waals surface area (Å²) in [4.78, 5) is 23.7. The Morgan fingerprint density at radius 3 is 1.97 bits per heavy atom. The van der Waals surface area contributed by atoms with Gasteiger partial charge in [0.1, 0.15) is 0 Å². The highest BCUT2D eigenvalue weighted by molar-refractivity contribution is 6.24. The highest BCUT2D eigenvalue weighted by Gasteiger charge is 2.37. The summed E-state index contributed by atoms with van der Waals surface area (Å²) >= 11 is 0. The zero-order valence-electron chi connectivity index (χ0n) is 15.8. The predicted molar refractivity (Wildman–Crippen MR) is 100 cm³/mol. The van der Waals surface area contributed by atoms with Crippen molar-refractivity contribution in [2.24, 2.45) is 0 Å². The van der Waals surface area contributed by atoms with Crippen LogP contribution >= 0.6 is 0 Å². The molecule has 2 heterocycles. The zero-order valence-corrected chi connectivity index (χ0v) is 15.8. The molecular weight excluding hydrogens is 424 g/mol. The molecule has 3 rings (SSSR count). The van der Waals surface area contributed by atoms with Gasteiger partial charge in [-0.2, -0.15) is 26.3 Å². The predicted octanol–water partition coefficient (Wildman–Crippen LogP) is 5.71. The molecule has 0 saturated carbocycles. The summed E-state index contributed by atoms with van der Waals surface area (Å²) in [5.74, 6) is -0.659. The minimum atomic E-state index is -4.99. The van der Waals surface area contributed by atoms with Crippen LogP contribution < -0.4 is 0 Å². The van der Waals surface area contributed by atoms with Gasteiger partial charge >= 0.3 is 12.4 Å². The lowest BCUT2D eigenvalue weighted by Crippen LogP contribution is -2.11. The van der Waals surface area contributed by atoms with Gasteiger partial charge in [0.05, 0.1) is 16.8 Å². The molecule has 0 fully saturated rings. The van der Waals surface area contributed by atoms with E-state index in [4.69, 9.17) is 0 Å². The van der Waals surface area contributed by atoms with Crippen molar-refractivity contribution in [1.82, 2.24) is 15.0 Å². The molecular formula is C21H13F6N3O. The van der Waals surface area contributed by atoms with E-state index >= 15 is 0 Å². The first-order valence-electron chi connectivity index (χ1n) is 8.71. The highest BCUT2D eigenvalue weighted by atomic mass is 19.4. The fourth-order valence-corrected chi connectivity index (χ4v) is 2.74. The largest absolute Gasteiger partial charge is 0.416 e. The zero-order chi connectivity index (χ0) is 22.8. The summed E-state index contributed by atoms with van der Waals surface area (Å²) in [5.41, 5.74) is -2.48. The third-order valence-corrected chi connectivity index (χ3v) is 4.19. The van der Waals surface area contributed by atoms with Gasteiger partial charge in [-0.25, -0.2) is 9.97 Å². The second-order valence-electron chi connectivity index (χ2n) is 6.45. The van der Waals surface area contributed by atoms with E-state index in [1.807, 2.05) is 0 Å². The van der Waals surface area contributed by atoms with Crippen LogP contribution in [-0.2, 0) is 17.1 Å². The van der Waals surface area contributed by atoms with Crippen molar-refractivity contribution in [1.29, 1.82) is 0 Å². The van der Waals surface area contributed by atoms with Gasteiger partial charge in [-0.3, -0.25) is 9.78 Å². The molecule has 0 spiro atoms. The van der Waals surface area contributed by atoms with E-state index in [0.29, 0.717) is 17.7 Å². The number of halogens is 6. The van der Waals surface area contributed by atoms with Gasteiger partial charge in [-0.15, -0.1) is 0 Å². The lowest BCUT2D eigenvalue weighted by atomic mass is 10.0. The number of nitrogens with zero attached hydrogens (tertiary/aromatic N) is 3. The normalized spacial score (nSPS) is 12.7. The summed E-state index contributed by atoms with van der Waals surface area (Å²) in [6.07, 6.45) is -4.47. The van der Waals surface area contributed by atoms with Crippen LogP contribution in [0.25, 0.3) is 23.0 Å². The van der Waals surface area contributed by atoms with Crippen molar-refractivity contribution >= 4 is 17.4 Å². The van der Waals surface area contributed by atoms with Crippen LogP contribution in [0.1, 0.15) is 29.3 Å². The van der Waals surface area contributed by atoms with Gasteiger partial charge in [-0.05, 0) is 55.0 Å². The van der Waals surface area contributed by atoms with Crippen molar-refractivity contribution in [2.45, 2.75) is 19.3 Å². The summed E-state index contributed by atoms with van der Waals surface area (Å²) in [6.45, 7) is 1.32. The van der Waals surface area contributed by atoms with Gasteiger partial charge in [0.25, 0.3) is 0 Å². The van der Waals surface area contributed by atoms with Gasteiger partial charge in [0.15, 0.2) is 11.6 Å². The molecule has 3 aromatic rings. The number of alkyl halides is 6. The summed E-state index contributed by atoms with van der Waals surface area (Å²) < 4.78 is 78.7. The molecule has 0 bridgehead atoms. The Hall–Kier alpha value is -3.56. The Bertz CT molecular complexity index is 1110. The number of aromatic nitrogens is 3. The number of allylic oxidation sites excluding steroid dienone is 1. The van der Waals surface area contributed by atoms with Crippen LogP contribution in [0.4, 0.5) is 26.3 Å². The van der Waals surface area contributed by atoms with E-state index in [2.05, 4.69) is 15.0 Å². The second kappa shape index (κ2) is 8.29. The van der Waals surface area contributed by atoms with E-state index < -0.39 is 29.0 Å². The van der Waals surface area contributed by atoms with Crippen molar-refractivity contribution in [3.05, 3.63) is 77.4 Å². The number of carbonyl (C=O) groups is 1. The number of Topliss-reactive ketones (excluding diaryl/α,β-unsaturated/α-hetero) is 1. The molecule has 0 atom stereocenters. The lowest BCUT2D eigenvalue weighted by molar-refractivity contribution is -0.143. The van der Waals surface area contributed by atoms with E-state index in [1.54, 1.807) is 12.1 Å². The molecule has 0 unspecified atom stereocenters. The third kappa shape index (κ3) is 5.33. The maximum absolute atomic E-state index is 13.1. The van der Waals surface area contributed by atoms with Crippen LogP contribution in [-0.4, -0.2) is 20.7 Å². The molecule has 0 aliphatic carbocycles. The first-order chi connectivity index (χ1) is 14.4. The van der Waals surface area contributed by atoms with E-state index in [-0.39, 0.29) is 28.9 Å². The van der Waals surface area contributed by atoms with Crippen LogP contribution in [0.2, 0.25) is 0 Å². The molecule has 0 saturated heterocycles. The van der Waals surface area contributed by atoms with E-state index in [9.17, 15) is 31.1 Å². The Labute approximate surface area is 172 Å². The Morgan fingerprint density at radius 1 is 0.871 bits per heavy atom. The standard InChI is InChI=1S/C21H13F6N3O/c1-12(31)18(13-2-5-28-6-3-13)11-17-4-7-29-19(30-17)14-8-15(20(22,23)24)10-16(9-14)21(25,26)27/h2-11H,1H3/b18-11-. The Morgan fingerprint density at radius 2 is 1.45 bits per heavy atom. The topological polar surface area (TPSA) is 55.7 Å². The number of pyridine rings is 1. The lowest BCUT2D eigenvalue weighted by Gasteiger charge is -2.14. The first kappa shape index (κ1) is 22.1. The monoisotopic (exact) mass is 437 g/mol. The number of benzene rings is 1. The van der Waals surface area contributed by atoms with Crippen LogP contribution in [0, 0.1) is 0 Å². The molecule has 0 aliphatic heterocycles. The molecule has 4 nitrogen and oxygen atoms in total. The summed E-state index contributed by atoms with van der Waals surface area (Å²) in [5, 5.41) is 0. The van der Waals surface area contributed by atoms with E-state index in [0.717, 1.165) is 0 Å². The van der Waals surface area contributed by atoms with Gasteiger partial charge in [-0.1, -0.05) is 0 Å². The quantitative estimate of drug-likeness (QED) is 0.388. The molecule has 160 valence electrons. The van der Waals surface area contributed by atoms with Crippen molar-refractivity contribution < 1.29 is 31.1 Å². The fraction of sp³-hybridized carbons (Fsp3) is 0.143. The number of hydrogen-bond acceptors (Lipinski definition) is 4. The number of hydrogen-bond donors (Lipinski definition) is 0. The first-order valence-corrected chi connectivity index (χ1v) is 8.71. The maximum atomic E-state index is 13.1. The number of carbonyl (C=O) groups excluding carboxylic acids is 1. The molecule has 10 heteroatoms. The second-order valence-corrected chi connectivity index (χ2v) is 6.45. The van der Waals surface area contributed by atoms with Crippen LogP contribution in [0.5, 0.6) is 0 Å². The summed E-state index contributed by atoms with van der Waals surface area (Å²) in [7, 11) is 0. The molecule has 0 N–H and O–H groups in total. The summed E-state index contributed by atoms with van der Waals surface area (Å²) in [6, 6.07) is 5.67. The SMILES string of the molecule is CC(=O)/C(=C/c1ccnc(-c2cc(C(F)(F)F)cc(C(F)(F)F)c2)n1)c1ccncc1. The smallest absolute Gasteiger partial charge is 0.294 e. The maximum Gasteiger partial charge on any atom is 0.416 e. The van der Waals surface area contributed by atoms with Crippen molar-refractivity contribution in [3.8, 4) is 11.4 Å². The van der Waals surface area contributed by atoms with Gasteiger partial charge < -0.3 is 0 Å². The fourth-order valence-electron chi connectivity index (χ4n) is 2.74.